The fourth-order valence-electron chi connectivity index (χ4n) is 2.89. The Balaban J connectivity index is 2.35. The standard InChI is InChI=1S/C17H15FN2O3/c1-9(8-23-3)14-15(17(22)19-16(14)21)12-7-20(2)13-5-4-10(18)6-11(12)13/h4-8H,1-3H3,(H,19,21,22)/b9-8+. The normalized spacial score (nSPS) is 15.6. The van der Waals surface area contributed by atoms with Gasteiger partial charge in [-0.2, -0.15) is 0 Å². The van der Waals surface area contributed by atoms with Gasteiger partial charge in [0.2, 0.25) is 0 Å². The molecule has 0 bridgehead atoms. The topological polar surface area (TPSA) is 60.3 Å². The van der Waals surface area contributed by atoms with Crippen LogP contribution in [0.15, 0.2) is 41.8 Å². The SMILES string of the molecule is CO/C=C(\C)C1=C(c2cn(C)c3ccc(F)cc23)C(=O)NC1=O. The third-order valence-electron chi connectivity index (χ3n) is 3.84. The van der Waals surface area contributed by atoms with Gasteiger partial charge >= 0.3 is 0 Å². The summed E-state index contributed by atoms with van der Waals surface area (Å²) in [6.07, 6.45) is 3.12. The Hall–Kier alpha value is -2.89. The number of fused-ring (bicyclic) bond motifs is 1. The average Bonchev–Trinajstić information content (AvgIpc) is 2.95. The molecule has 1 N–H and O–H groups in total. The van der Waals surface area contributed by atoms with Crippen molar-refractivity contribution in [3.8, 4) is 0 Å². The van der Waals surface area contributed by atoms with Crippen molar-refractivity contribution in [1.82, 2.24) is 9.88 Å². The highest BCUT2D eigenvalue weighted by Crippen LogP contribution is 2.34. The molecule has 2 aromatic rings. The maximum atomic E-state index is 13.6. The van der Waals surface area contributed by atoms with Crippen molar-refractivity contribution >= 4 is 28.3 Å². The number of hydrogen-bond donors (Lipinski definition) is 1. The number of halogens is 1. The molecule has 5 nitrogen and oxygen atoms in total. The molecule has 1 aromatic heterocycles. The summed E-state index contributed by atoms with van der Waals surface area (Å²) < 4.78 is 20.4. The van der Waals surface area contributed by atoms with Gasteiger partial charge in [0, 0.05) is 29.7 Å². The number of carbonyl (C=O) groups excluding carboxylic acids is 2. The largest absolute Gasteiger partial charge is 0.504 e. The van der Waals surface area contributed by atoms with Crippen molar-refractivity contribution in [2.45, 2.75) is 6.92 Å². The molecule has 0 fully saturated rings. The van der Waals surface area contributed by atoms with Crippen LogP contribution in [0.4, 0.5) is 4.39 Å². The highest BCUT2D eigenvalue weighted by molar-refractivity contribution is 6.38. The number of hydrogen-bond acceptors (Lipinski definition) is 3. The third-order valence-corrected chi connectivity index (χ3v) is 3.84. The molecule has 118 valence electrons. The summed E-state index contributed by atoms with van der Waals surface area (Å²) >= 11 is 0. The first kappa shape index (κ1) is 15.0. The number of imide groups is 1. The number of methoxy groups -OCH3 is 1. The van der Waals surface area contributed by atoms with E-state index in [1.807, 2.05) is 0 Å². The minimum absolute atomic E-state index is 0.233. The maximum Gasteiger partial charge on any atom is 0.259 e. The number of nitrogens with one attached hydrogen (secondary N) is 1. The highest BCUT2D eigenvalue weighted by atomic mass is 19.1. The molecule has 1 aromatic carbocycles. The van der Waals surface area contributed by atoms with Crippen molar-refractivity contribution in [1.29, 1.82) is 0 Å². The van der Waals surface area contributed by atoms with Gasteiger partial charge in [-0.15, -0.1) is 0 Å². The Bertz CT molecular complexity index is 906. The zero-order chi connectivity index (χ0) is 16.7. The van der Waals surface area contributed by atoms with Crippen LogP contribution in [0.5, 0.6) is 0 Å². The lowest BCUT2D eigenvalue weighted by atomic mass is 9.97. The van der Waals surface area contributed by atoms with Crippen molar-refractivity contribution < 1.29 is 18.7 Å². The number of amides is 2. The van der Waals surface area contributed by atoms with Gasteiger partial charge in [0.1, 0.15) is 5.82 Å². The van der Waals surface area contributed by atoms with Gasteiger partial charge in [0.15, 0.2) is 0 Å². The van der Waals surface area contributed by atoms with Crippen molar-refractivity contribution in [3.63, 3.8) is 0 Å². The Morgan fingerprint density at radius 1 is 1.30 bits per heavy atom. The molecule has 0 aliphatic carbocycles. The Morgan fingerprint density at radius 3 is 2.74 bits per heavy atom. The zero-order valence-corrected chi connectivity index (χ0v) is 12.9. The quantitative estimate of drug-likeness (QED) is 0.698. The van der Waals surface area contributed by atoms with E-state index in [1.165, 1.54) is 25.5 Å². The van der Waals surface area contributed by atoms with E-state index in [-0.39, 0.29) is 11.1 Å². The second-order valence-corrected chi connectivity index (χ2v) is 5.38. The Kier molecular flexibility index (Phi) is 3.52. The lowest BCUT2D eigenvalue weighted by Gasteiger charge is -2.03. The Morgan fingerprint density at radius 2 is 2.04 bits per heavy atom. The molecule has 0 spiro atoms. The number of ether oxygens (including phenoxy) is 1. The fraction of sp³-hybridized carbons (Fsp3) is 0.176. The summed E-state index contributed by atoms with van der Waals surface area (Å²) in [5, 5.41) is 2.87. The second-order valence-electron chi connectivity index (χ2n) is 5.38. The first-order valence-electron chi connectivity index (χ1n) is 6.99. The molecule has 0 radical (unpaired) electrons. The molecular weight excluding hydrogens is 299 g/mol. The average molecular weight is 314 g/mol. The lowest BCUT2D eigenvalue weighted by Crippen LogP contribution is -2.23. The van der Waals surface area contributed by atoms with Crippen LogP contribution in [0.25, 0.3) is 16.5 Å². The number of carbonyl (C=O) groups is 2. The molecule has 6 heteroatoms. The van der Waals surface area contributed by atoms with Crippen LogP contribution in [0, 0.1) is 5.82 Å². The van der Waals surface area contributed by atoms with Crippen LogP contribution >= 0.6 is 0 Å². The number of aryl methyl sites for hydroxylation is 1. The maximum absolute atomic E-state index is 13.6. The van der Waals surface area contributed by atoms with E-state index < -0.39 is 17.6 Å². The third kappa shape index (κ3) is 2.32. The molecular formula is C17H15FN2O3. The molecule has 23 heavy (non-hydrogen) atoms. The van der Waals surface area contributed by atoms with Gasteiger partial charge in [0.05, 0.1) is 24.5 Å². The summed E-state index contributed by atoms with van der Waals surface area (Å²) in [4.78, 5) is 24.4. The predicted molar refractivity (Wildman–Crippen MR) is 83.7 cm³/mol. The summed E-state index contributed by atoms with van der Waals surface area (Å²) in [5.74, 6) is -1.38. The molecule has 0 saturated heterocycles. The zero-order valence-electron chi connectivity index (χ0n) is 12.9. The summed E-state index contributed by atoms with van der Waals surface area (Å²) in [6.45, 7) is 1.68. The van der Waals surface area contributed by atoms with Crippen LogP contribution in [0.1, 0.15) is 12.5 Å². The molecule has 1 aliphatic heterocycles. The highest BCUT2D eigenvalue weighted by Gasteiger charge is 2.33. The van der Waals surface area contributed by atoms with E-state index in [9.17, 15) is 14.0 Å². The van der Waals surface area contributed by atoms with Crippen LogP contribution in [0.2, 0.25) is 0 Å². The van der Waals surface area contributed by atoms with Gasteiger partial charge < -0.3 is 9.30 Å². The molecule has 0 saturated carbocycles. The number of nitrogens with zero attached hydrogens (tertiary/aromatic N) is 1. The summed E-state index contributed by atoms with van der Waals surface area (Å²) in [7, 11) is 3.27. The van der Waals surface area contributed by atoms with Crippen molar-refractivity contribution in [3.05, 3.63) is 53.2 Å². The molecule has 1 aliphatic rings. The first-order chi connectivity index (χ1) is 10.9. The van der Waals surface area contributed by atoms with Gasteiger partial charge in [-0.05, 0) is 30.7 Å². The van der Waals surface area contributed by atoms with Gasteiger partial charge in [-0.3, -0.25) is 14.9 Å². The van der Waals surface area contributed by atoms with Gasteiger partial charge in [-0.25, -0.2) is 4.39 Å². The molecule has 2 amide bonds. The van der Waals surface area contributed by atoms with Gasteiger partial charge in [-0.1, -0.05) is 0 Å². The molecule has 2 heterocycles. The van der Waals surface area contributed by atoms with E-state index in [4.69, 9.17) is 4.74 Å². The van der Waals surface area contributed by atoms with E-state index in [0.29, 0.717) is 16.5 Å². The number of rotatable bonds is 3. The van der Waals surface area contributed by atoms with Gasteiger partial charge in [0.25, 0.3) is 11.8 Å². The lowest BCUT2D eigenvalue weighted by molar-refractivity contribution is -0.123. The van der Waals surface area contributed by atoms with Crippen LogP contribution in [-0.4, -0.2) is 23.5 Å². The number of benzene rings is 1. The number of aromatic nitrogens is 1. The molecule has 0 atom stereocenters. The van der Waals surface area contributed by atoms with E-state index >= 15 is 0 Å². The second kappa shape index (κ2) is 5.39. The van der Waals surface area contributed by atoms with Crippen molar-refractivity contribution in [2.75, 3.05) is 7.11 Å². The molecule has 3 rings (SSSR count). The van der Waals surface area contributed by atoms with E-state index in [1.54, 1.807) is 30.8 Å². The van der Waals surface area contributed by atoms with E-state index in [2.05, 4.69) is 5.32 Å². The smallest absolute Gasteiger partial charge is 0.259 e. The monoisotopic (exact) mass is 314 g/mol. The molecule has 0 unspecified atom stereocenters. The predicted octanol–water partition coefficient (Wildman–Crippen LogP) is 2.28. The minimum atomic E-state index is -0.495. The Labute approximate surface area is 132 Å². The minimum Gasteiger partial charge on any atom is -0.504 e. The fourth-order valence-corrected chi connectivity index (χ4v) is 2.89. The van der Waals surface area contributed by atoms with Crippen molar-refractivity contribution in [2.24, 2.45) is 7.05 Å². The van der Waals surface area contributed by atoms with Crippen LogP contribution in [0.3, 0.4) is 0 Å². The summed E-state index contributed by atoms with van der Waals surface area (Å²) in [6, 6.07) is 4.36. The van der Waals surface area contributed by atoms with Crippen LogP contribution < -0.4 is 5.32 Å². The first-order valence-corrected chi connectivity index (χ1v) is 6.99. The summed E-state index contributed by atoms with van der Waals surface area (Å²) in [5.41, 5.74) is 2.29. The van der Waals surface area contributed by atoms with E-state index in [0.717, 1.165) is 5.52 Å². The van der Waals surface area contributed by atoms with Crippen LogP contribution in [-0.2, 0) is 21.4 Å².